The van der Waals surface area contributed by atoms with Gasteiger partial charge in [0, 0.05) is 39.6 Å². The molecule has 0 unspecified atom stereocenters. The number of aromatic nitrogens is 2. The van der Waals surface area contributed by atoms with E-state index in [1.165, 1.54) is 12.8 Å². The number of piperidine rings is 1. The second kappa shape index (κ2) is 4.96. The minimum atomic E-state index is 0.117. The third kappa shape index (κ3) is 2.27. The number of hydrogen-bond donors (Lipinski definition) is 1. The van der Waals surface area contributed by atoms with Crippen LogP contribution in [0.4, 0.5) is 5.95 Å². The Labute approximate surface area is 113 Å². The van der Waals surface area contributed by atoms with Gasteiger partial charge in [-0.25, -0.2) is 4.98 Å². The minimum Gasteiger partial charge on any atom is -0.342 e. The van der Waals surface area contributed by atoms with E-state index in [0.717, 1.165) is 49.2 Å². The van der Waals surface area contributed by atoms with Crippen LogP contribution < -0.4 is 15.8 Å². The molecule has 1 N–H and O–H groups in total. The molecular weight excluding hydrogens is 240 g/mol. The maximum Gasteiger partial charge on any atom is 0.259 e. The number of nitrogens with one attached hydrogen (secondary N) is 1. The van der Waals surface area contributed by atoms with Crippen LogP contribution in [0.5, 0.6) is 0 Å². The zero-order valence-corrected chi connectivity index (χ0v) is 11.8. The Bertz CT molecular complexity index is 529. The average Bonchev–Trinajstić information content (AvgIpc) is 2.44. The molecule has 104 valence electrons. The zero-order chi connectivity index (χ0) is 13.4. The Morgan fingerprint density at radius 3 is 2.79 bits per heavy atom. The Morgan fingerprint density at radius 1 is 1.32 bits per heavy atom. The fraction of sp³-hybridized carbons (Fsp3) is 0.714. The summed E-state index contributed by atoms with van der Waals surface area (Å²) in [5.74, 6) is 1.65. The average molecular weight is 262 g/mol. The summed E-state index contributed by atoms with van der Waals surface area (Å²) in [4.78, 5) is 19.4. The molecule has 5 heteroatoms. The summed E-state index contributed by atoms with van der Waals surface area (Å²) < 4.78 is 1.72. The number of hydrogen-bond acceptors (Lipinski definition) is 4. The van der Waals surface area contributed by atoms with E-state index in [-0.39, 0.29) is 5.56 Å². The Kier molecular flexibility index (Phi) is 3.31. The normalized spacial score (nSPS) is 20.4. The summed E-state index contributed by atoms with van der Waals surface area (Å²) in [7, 11) is 1.84. The van der Waals surface area contributed by atoms with E-state index in [0.29, 0.717) is 6.54 Å². The quantitative estimate of drug-likeness (QED) is 0.808. The molecule has 0 aromatic carbocycles. The van der Waals surface area contributed by atoms with Gasteiger partial charge in [-0.15, -0.1) is 0 Å². The van der Waals surface area contributed by atoms with Crippen LogP contribution in [0, 0.1) is 5.92 Å². The predicted molar refractivity (Wildman–Crippen MR) is 75.5 cm³/mol. The van der Waals surface area contributed by atoms with E-state index in [1.807, 2.05) is 7.05 Å². The van der Waals surface area contributed by atoms with Gasteiger partial charge in [-0.05, 0) is 18.8 Å². The molecule has 0 atom stereocenters. The maximum absolute atomic E-state index is 12.4. The molecule has 19 heavy (non-hydrogen) atoms. The van der Waals surface area contributed by atoms with Crippen LogP contribution in [0.25, 0.3) is 0 Å². The van der Waals surface area contributed by atoms with Crippen molar-refractivity contribution >= 4 is 5.95 Å². The van der Waals surface area contributed by atoms with E-state index < -0.39 is 0 Å². The summed E-state index contributed by atoms with van der Waals surface area (Å²) in [5.41, 5.74) is 1.96. The molecule has 2 aliphatic heterocycles. The van der Waals surface area contributed by atoms with Gasteiger partial charge in [0.05, 0.1) is 11.3 Å². The lowest BCUT2D eigenvalue weighted by Crippen LogP contribution is -2.41. The Balaban J connectivity index is 1.98. The van der Waals surface area contributed by atoms with Gasteiger partial charge in [0.15, 0.2) is 0 Å². The third-order valence-corrected chi connectivity index (χ3v) is 4.35. The van der Waals surface area contributed by atoms with Crippen molar-refractivity contribution in [1.82, 2.24) is 14.9 Å². The van der Waals surface area contributed by atoms with Gasteiger partial charge in [0.1, 0.15) is 0 Å². The van der Waals surface area contributed by atoms with Gasteiger partial charge in [0.2, 0.25) is 5.95 Å². The fourth-order valence-corrected chi connectivity index (χ4v) is 2.98. The zero-order valence-electron chi connectivity index (χ0n) is 11.8. The standard InChI is InChI=1S/C14H22N4O/c1-10-4-7-18(8-5-10)14-16-12-3-6-15-9-11(12)13(19)17(14)2/h10,15H,3-9H2,1-2H3. The molecule has 3 heterocycles. The first-order valence-corrected chi connectivity index (χ1v) is 7.21. The van der Waals surface area contributed by atoms with Crippen molar-refractivity contribution in [2.75, 3.05) is 24.5 Å². The Hall–Kier alpha value is -1.36. The van der Waals surface area contributed by atoms with Crippen molar-refractivity contribution in [3.8, 4) is 0 Å². The summed E-state index contributed by atoms with van der Waals surface area (Å²) in [5, 5.41) is 3.25. The second-order valence-electron chi connectivity index (χ2n) is 5.80. The first kappa shape index (κ1) is 12.7. The molecule has 0 spiro atoms. The smallest absolute Gasteiger partial charge is 0.259 e. The molecule has 0 saturated carbocycles. The summed E-state index contributed by atoms with van der Waals surface area (Å²) in [6, 6.07) is 0. The molecular formula is C14H22N4O. The molecule has 1 fully saturated rings. The number of rotatable bonds is 1. The van der Waals surface area contributed by atoms with Crippen LogP contribution >= 0.6 is 0 Å². The first-order valence-electron chi connectivity index (χ1n) is 7.21. The van der Waals surface area contributed by atoms with Gasteiger partial charge >= 0.3 is 0 Å². The predicted octanol–water partition coefficient (Wildman–Crippen LogP) is 0.662. The van der Waals surface area contributed by atoms with E-state index in [2.05, 4.69) is 17.1 Å². The van der Waals surface area contributed by atoms with Gasteiger partial charge in [-0.1, -0.05) is 6.92 Å². The van der Waals surface area contributed by atoms with Gasteiger partial charge < -0.3 is 10.2 Å². The van der Waals surface area contributed by atoms with Crippen LogP contribution in [-0.4, -0.2) is 29.2 Å². The van der Waals surface area contributed by atoms with Gasteiger partial charge in [-0.2, -0.15) is 0 Å². The van der Waals surface area contributed by atoms with Crippen LogP contribution in [0.3, 0.4) is 0 Å². The van der Waals surface area contributed by atoms with Crippen molar-refractivity contribution in [3.05, 3.63) is 21.6 Å². The summed E-state index contributed by atoms with van der Waals surface area (Å²) in [6.45, 7) is 5.90. The highest BCUT2D eigenvalue weighted by atomic mass is 16.1. The van der Waals surface area contributed by atoms with Crippen LogP contribution in [0.1, 0.15) is 31.0 Å². The van der Waals surface area contributed by atoms with E-state index in [1.54, 1.807) is 4.57 Å². The van der Waals surface area contributed by atoms with E-state index in [9.17, 15) is 4.79 Å². The van der Waals surface area contributed by atoms with E-state index in [4.69, 9.17) is 4.98 Å². The Morgan fingerprint density at radius 2 is 2.05 bits per heavy atom. The van der Waals surface area contributed by atoms with Crippen LogP contribution in [-0.2, 0) is 20.0 Å². The van der Waals surface area contributed by atoms with Crippen molar-refractivity contribution in [2.24, 2.45) is 13.0 Å². The number of fused-ring (bicyclic) bond motifs is 1. The van der Waals surface area contributed by atoms with Crippen molar-refractivity contribution in [3.63, 3.8) is 0 Å². The molecule has 1 aromatic heterocycles. The summed E-state index contributed by atoms with van der Waals surface area (Å²) in [6.07, 6.45) is 3.24. The molecule has 0 radical (unpaired) electrons. The van der Waals surface area contributed by atoms with Gasteiger partial charge in [-0.3, -0.25) is 9.36 Å². The number of nitrogens with zero attached hydrogens (tertiary/aromatic N) is 3. The molecule has 0 bridgehead atoms. The van der Waals surface area contributed by atoms with Crippen molar-refractivity contribution in [1.29, 1.82) is 0 Å². The van der Waals surface area contributed by atoms with Crippen molar-refractivity contribution in [2.45, 2.75) is 32.7 Å². The van der Waals surface area contributed by atoms with Crippen LogP contribution in [0.15, 0.2) is 4.79 Å². The highest BCUT2D eigenvalue weighted by molar-refractivity contribution is 5.36. The molecule has 1 saturated heterocycles. The van der Waals surface area contributed by atoms with Crippen LogP contribution in [0.2, 0.25) is 0 Å². The minimum absolute atomic E-state index is 0.117. The second-order valence-corrected chi connectivity index (χ2v) is 5.80. The highest BCUT2D eigenvalue weighted by Gasteiger charge is 2.23. The SMILES string of the molecule is CC1CCN(c2nc3c(c(=O)n2C)CNCC3)CC1. The van der Waals surface area contributed by atoms with Gasteiger partial charge in [0.25, 0.3) is 5.56 Å². The fourth-order valence-electron chi connectivity index (χ4n) is 2.98. The number of anilines is 1. The largest absolute Gasteiger partial charge is 0.342 e. The maximum atomic E-state index is 12.4. The molecule has 5 nitrogen and oxygen atoms in total. The third-order valence-electron chi connectivity index (χ3n) is 4.35. The lowest BCUT2D eigenvalue weighted by atomic mass is 9.99. The van der Waals surface area contributed by atoms with E-state index >= 15 is 0 Å². The monoisotopic (exact) mass is 262 g/mol. The first-order chi connectivity index (χ1) is 9.16. The molecule has 2 aliphatic rings. The topological polar surface area (TPSA) is 50.2 Å². The van der Waals surface area contributed by atoms with Crippen molar-refractivity contribution < 1.29 is 0 Å². The lowest BCUT2D eigenvalue weighted by molar-refractivity contribution is 0.429. The molecule has 1 aromatic rings. The molecule has 0 aliphatic carbocycles. The molecule has 0 amide bonds. The highest BCUT2D eigenvalue weighted by Crippen LogP contribution is 2.21. The summed E-state index contributed by atoms with van der Waals surface area (Å²) >= 11 is 0. The lowest BCUT2D eigenvalue weighted by Gasteiger charge is -2.32. The molecule has 3 rings (SSSR count).